The molecule has 1 N–H and O–H groups in total. The average Bonchev–Trinajstić information content (AvgIpc) is 3.21. The number of hydrogen-bond donors (Lipinski definition) is 1. The Bertz CT molecular complexity index is 1270. The minimum absolute atomic E-state index is 0.271. The second kappa shape index (κ2) is 9.74. The van der Waals surface area contributed by atoms with Gasteiger partial charge in [-0.25, -0.2) is 9.07 Å². The molecule has 0 bridgehead atoms. The van der Waals surface area contributed by atoms with Gasteiger partial charge in [-0.05, 0) is 66.6 Å². The first kappa shape index (κ1) is 22.3. The summed E-state index contributed by atoms with van der Waals surface area (Å²) in [7, 11) is 0. The van der Waals surface area contributed by atoms with Gasteiger partial charge in [0.25, 0.3) is 5.91 Å². The summed E-state index contributed by atoms with van der Waals surface area (Å²) in [6.07, 6.45) is 0.525. The fraction of sp³-hybridized carbons (Fsp3) is 0.0833. The summed E-state index contributed by atoms with van der Waals surface area (Å²) < 4.78 is 15.8. The van der Waals surface area contributed by atoms with Crippen molar-refractivity contribution in [3.63, 3.8) is 0 Å². The maximum absolute atomic E-state index is 14.3. The zero-order valence-electron chi connectivity index (χ0n) is 16.7. The third-order valence-corrected chi connectivity index (χ3v) is 5.70. The molecule has 0 aliphatic rings. The SMILES string of the molecule is O=C(NCCc1ccc(Cl)cc1Cl)c1cc(-c2ccccc2F)nn1-c1ccc(Cl)cc1. The molecule has 0 atom stereocenters. The maximum atomic E-state index is 14.3. The van der Waals surface area contributed by atoms with E-state index in [1.807, 2.05) is 6.07 Å². The lowest BCUT2D eigenvalue weighted by molar-refractivity contribution is 0.0946. The number of nitrogens with one attached hydrogen (secondary N) is 1. The number of carbonyl (C=O) groups excluding carboxylic acids is 1. The quantitative estimate of drug-likeness (QED) is 0.332. The van der Waals surface area contributed by atoms with Crippen LogP contribution in [0.15, 0.2) is 72.8 Å². The van der Waals surface area contributed by atoms with Crippen molar-refractivity contribution in [1.82, 2.24) is 15.1 Å². The van der Waals surface area contributed by atoms with E-state index in [-0.39, 0.29) is 11.6 Å². The summed E-state index contributed by atoms with van der Waals surface area (Å²) >= 11 is 18.1. The Morgan fingerprint density at radius 1 is 0.938 bits per heavy atom. The molecular formula is C24H17Cl3FN3O. The molecule has 0 saturated heterocycles. The van der Waals surface area contributed by atoms with Crippen LogP contribution in [0.4, 0.5) is 4.39 Å². The van der Waals surface area contributed by atoms with Crippen LogP contribution < -0.4 is 5.32 Å². The van der Waals surface area contributed by atoms with Gasteiger partial charge >= 0.3 is 0 Å². The van der Waals surface area contributed by atoms with Gasteiger partial charge in [0.15, 0.2) is 0 Å². The van der Waals surface area contributed by atoms with Gasteiger partial charge < -0.3 is 5.32 Å². The van der Waals surface area contributed by atoms with Gasteiger partial charge in [0.05, 0.1) is 11.4 Å². The molecule has 3 aromatic carbocycles. The van der Waals surface area contributed by atoms with E-state index in [1.165, 1.54) is 10.7 Å². The molecule has 4 nitrogen and oxygen atoms in total. The smallest absolute Gasteiger partial charge is 0.270 e. The average molecular weight is 489 g/mol. The lowest BCUT2D eigenvalue weighted by atomic mass is 10.1. The Morgan fingerprint density at radius 2 is 1.66 bits per heavy atom. The van der Waals surface area contributed by atoms with Gasteiger partial charge in [-0.2, -0.15) is 5.10 Å². The number of carbonyl (C=O) groups is 1. The molecule has 4 aromatic rings. The first-order valence-electron chi connectivity index (χ1n) is 9.75. The molecule has 0 aliphatic carbocycles. The Labute approximate surface area is 199 Å². The summed E-state index contributed by atoms with van der Waals surface area (Å²) in [5.74, 6) is -0.766. The molecule has 1 heterocycles. The summed E-state index contributed by atoms with van der Waals surface area (Å²) in [6, 6.07) is 20.0. The Hall–Kier alpha value is -2.86. The number of benzene rings is 3. The van der Waals surface area contributed by atoms with E-state index in [0.29, 0.717) is 45.0 Å². The van der Waals surface area contributed by atoms with Crippen molar-refractivity contribution in [1.29, 1.82) is 0 Å². The molecule has 162 valence electrons. The van der Waals surface area contributed by atoms with Crippen LogP contribution in [0.5, 0.6) is 0 Å². The van der Waals surface area contributed by atoms with E-state index in [0.717, 1.165) is 5.56 Å². The van der Waals surface area contributed by atoms with Crippen molar-refractivity contribution in [3.05, 3.63) is 105 Å². The summed E-state index contributed by atoms with van der Waals surface area (Å²) in [4.78, 5) is 13.0. The van der Waals surface area contributed by atoms with E-state index in [2.05, 4.69) is 10.4 Å². The Kier molecular flexibility index (Phi) is 6.80. The zero-order valence-corrected chi connectivity index (χ0v) is 18.9. The van der Waals surface area contributed by atoms with E-state index in [9.17, 15) is 9.18 Å². The van der Waals surface area contributed by atoms with Crippen LogP contribution in [0.25, 0.3) is 16.9 Å². The van der Waals surface area contributed by atoms with Crippen molar-refractivity contribution >= 4 is 40.7 Å². The van der Waals surface area contributed by atoms with Gasteiger partial charge in [-0.3, -0.25) is 4.79 Å². The Balaban J connectivity index is 1.61. The standard InChI is InChI=1S/C24H17Cl3FN3O/c25-16-7-9-18(10-8-16)31-23(14-22(30-31)19-3-1-2-4-21(19)28)24(32)29-12-11-15-5-6-17(26)13-20(15)27/h1-10,13-14H,11-12H2,(H,29,32). The molecule has 0 aliphatic heterocycles. The van der Waals surface area contributed by atoms with E-state index in [1.54, 1.807) is 60.7 Å². The van der Waals surface area contributed by atoms with Crippen LogP contribution in [0.2, 0.25) is 15.1 Å². The number of rotatable bonds is 6. The molecule has 1 aromatic heterocycles. The summed E-state index contributed by atoms with van der Waals surface area (Å²) in [5, 5.41) is 9.02. The monoisotopic (exact) mass is 487 g/mol. The highest BCUT2D eigenvalue weighted by Gasteiger charge is 2.19. The largest absolute Gasteiger partial charge is 0.350 e. The molecule has 0 radical (unpaired) electrons. The van der Waals surface area contributed by atoms with Crippen molar-refractivity contribution in [2.75, 3.05) is 6.54 Å². The number of halogens is 4. The number of amides is 1. The van der Waals surface area contributed by atoms with E-state index < -0.39 is 5.82 Å². The molecule has 0 unspecified atom stereocenters. The lowest BCUT2D eigenvalue weighted by Gasteiger charge is -2.09. The van der Waals surface area contributed by atoms with E-state index >= 15 is 0 Å². The minimum Gasteiger partial charge on any atom is -0.350 e. The highest BCUT2D eigenvalue weighted by Crippen LogP contribution is 2.25. The zero-order chi connectivity index (χ0) is 22.7. The predicted molar refractivity (Wildman–Crippen MR) is 126 cm³/mol. The van der Waals surface area contributed by atoms with Gasteiger partial charge in [-0.15, -0.1) is 0 Å². The summed E-state index contributed by atoms with van der Waals surface area (Å²) in [6.45, 7) is 0.348. The first-order valence-corrected chi connectivity index (χ1v) is 10.9. The number of nitrogens with zero attached hydrogens (tertiary/aromatic N) is 2. The molecule has 8 heteroatoms. The van der Waals surface area contributed by atoms with Gasteiger partial charge in [-0.1, -0.05) is 53.0 Å². The topological polar surface area (TPSA) is 46.9 Å². The molecular weight excluding hydrogens is 472 g/mol. The number of hydrogen-bond acceptors (Lipinski definition) is 2. The van der Waals surface area contributed by atoms with E-state index in [4.69, 9.17) is 34.8 Å². The fourth-order valence-electron chi connectivity index (χ4n) is 3.25. The normalized spacial score (nSPS) is 10.9. The Morgan fingerprint density at radius 3 is 2.38 bits per heavy atom. The van der Waals surface area contributed by atoms with Crippen molar-refractivity contribution in [2.45, 2.75) is 6.42 Å². The van der Waals surface area contributed by atoms with Crippen LogP contribution in [0.1, 0.15) is 16.1 Å². The molecule has 0 saturated carbocycles. The maximum Gasteiger partial charge on any atom is 0.270 e. The minimum atomic E-state index is -0.419. The van der Waals surface area contributed by atoms with Crippen LogP contribution >= 0.6 is 34.8 Å². The lowest BCUT2D eigenvalue weighted by Crippen LogP contribution is -2.27. The van der Waals surface area contributed by atoms with Crippen molar-refractivity contribution in [2.24, 2.45) is 0 Å². The van der Waals surface area contributed by atoms with Crippen molar-refractivity contribution < 1.29 is 9.18 Å². The molecule has 4 rings (SSSR count). The third kappa shape index (κ3) is 4.96. The molecule has 0 spiro atoms. The predicted octanol–water partition coefficient (Wildman–Crippen LogP) is 6.61. The molecule has 1 amide bonds. The second-order valence-electron chi connectivity index (χ2n) is 7.02. The molecule has 32 heavy (non-hydrogen) atoms. The second-order valence-corrected chi connectivity index (χ2v) is 8.30. The highest BCUT2D eigenvalue weighted by atomic mass is 35.5. The van der Waals surface area contributed by atoms with Gasteiger partial charge in [0.1, 0.15) is 11.5 Å². The molecule has 0 fully saturated rings. The third-order valence-electron chi connectivity index (χ3n) is 4.86. The van der Waals surface area contributed by atoms with Crippen LogP contribution in [0.3, 0.4) is 0 Å². The van der Waals surface area contributed by atoms with Crippen molar-refractivity contribution in [3.8, 4) is 16.9 Å². The first-order chi connectivity index (χ1) is 15.4. The van der Waals surface area contributed by atoms with Crippen LogP contribution in [-0.2, 0) is 6.42 Å². The van der Waals surface area contributed by atoms with Gasteiger partial charge in [0, 0.05) is 27.2 Å². The fourth-order valence-corrected chi connectivity index (χ4v) is 3.88. The van der Waals surface area contributed by atoms with Gasteiger partial charge in [0.2, 0.25) is 0 Å². The highest BCUT2D eigenvalue weighted by molar-refractivity contribution is 6.35. The van der Waals surface area contributed by atoms with Crippen LogP contribution in [-0.4, -0.2) is 22.2 Å². The summed E-state index contributed by atoms with van der Waals surface area (Å²) in [5.41, 5.74) is 2.43. The van der Waals surface area contributed by atoms with Crippen LogP contribution in [0, 0.1) is 5.82 Å². The number of aromatic nitrogens is 2.